The van der Waals surface area contributed by atoms with Crippen LogP contribution in [0.2, 0.25) is 0 Å². The van der Waals surface area contributed by atoms with Crippen LogP contribution in [-0.2, 0) is 0 Å². The molecule has 1 rings (SSSR count). The highest BCUT2D eigenvalue weighted by Crippen LogP contribution is 2.18. The van der Waals surface area contributed by atoms with Gasteiger partial charge in [-0.15, -0.1) is 0 Å². The van der Waals surface area contributed by atoms with Crippen molar-refractivity contribution in [3.63, 3.8) is 0 Å². The van der Waals surface area contributed by atoms with Gasteiger partial charge in [0, 0.05) is 5.93 Å². The largest absolute Gasteiger partial charge is 0.393 e. The first-order chi connectivity index (χ1) is 3.84. The van der Waals surface area contributed by atoms with Gasteiger partial charge in [0.25, 0.3) is 0 Å². The maximum absolute atomic E-state index is 8.26. The fraction of sp³-hybridized carbons (Fsp3) is 0. The lowest BCUT2D eigenvalue weighted by molar-refractivity contribution is 1.34. The van der Waals surface area contributed by atoms with Gasteiger partial charge < -0.3 is 10.7 Å². The van der Waals surface area contributed by atoms with E-state index in [1.165, 1.54) is 0 Å². The topological polar surface area (TPSA) is 65.6 Å². The summed E-state index contributed by atoms with van der Waals surface area (Å²) in [5, 5.41) is 8.26. The molecular formula is C4H4N3P. The van der Waals surface area contributed by atoms with Crippen LogP contribution in [0.5, 0.6) is 0 Å². The van der Waals surface area contributed by atoms with Crippen LogP contribution in [0, 0.1) is 11.3 Å². The maximum Gasteiger partial charge on any atom is 0.145 e. The summed E-state index contributed by atoms with van der Waals surface area (Å²) in [6.45, 7) is 0. The number of hydrogen-bond acceptors (Lipinski definition) is 2. The van der Waals surface area contributed by atoms with E-state index in [0.29, 0.717) is 11.1 Å². The lowest BCUT2D eigenvalue weighted by Gasteiger charge is -1.78. The SMILES string of the molecule is N#Cc1[nH]cpc1N. The Morgan fingerprint density at radius 2 is 2.62 bits per heavy atom. The minimum absolute atomic E-state index is 0.478. The molecule has 3 nitrogen and oxygen atoms in total. The van der Waals surface area contributed by atoms with E-state index in [0.717, 1.165) is 8.19 Å². The van der Waals surface area contributed by atoms with Gasteiger partial charge in [0.05, 0.1) is 5.42 Å². The van der Waals surface area contributed by atoms with Crippen LogP contribution in [0.25, 0.3) is 0 Å². The van der Waals surface area contributed by atoms with Crippen molar-refractivity contribution in [1.82, 2.24) is 4.98 Å². The number of hydrogen-bond donors (Lipinski definition) is 2. The number of nitrogens with two attached hydrogens (primary N) is 1. The molecule has 0 aliphatic rings. The normalized spacial score (nSPS) is 9.38. The van der Waals surface area contributed by atoms with Gasteiger partial charge in [-0.2, -0.15) is 5.26 Å². The van der Waals surface area contributed by atoms with Crippen LogP contribution in [-0.4, -0.2) is 4.98 Å². The zero-order chi connectivity index (χ0) is 5.98. The van der Waals surface area contributed by atoms with Gasteiger partial charge in [-0.1, -0.05) is 0 Å². The van der Waals surface area contributed by atoms with E-state index in [4.69, 9.17) is 11.0 Å². The average molecular weight is 125 g/mol. The van der Waals surface area contributed by atoms with Crippen molar-refractivity contribution >= 4 is 13.6 Å². The third-order valence-corrected chi connectivity index (χ3v) is 1.54. The molecule has 8 heavy (non-hydrogen) atoms. The highest BCUT2D eigenvalue weighted by atomic mass is 31.0. The number of nitriles is 1. The Morgan fingerprint density at radius 3 is 2.88 bits per heavy atom. The van der Waals surface area contributed by atoms with Crippen molar-refractivity contribution in [3.05, 3.63) is 11.6 Å². The summed E-state index contributed by atoms with van der Waals surface area (Å²) in [6, 6.07) is 1.92. The molecule has 0 aliphatic carbocycles. The fourth-order valence-corrected chi connectivity index (χ4v) is 0.971. The molecule has 4 heteroatoms. The summed E-state index contributed by atoms with van der Waals surface area (Å²) >= 11 is 0. The Labute approximate surface area is 48.2 Å². The number of nitrogens with zero attached hydrogens (tertiary/aromatic N) is 1. The zero-order valence-corrected chi connectivity index (χ0v) is 4.94. The van der Waals surface area contributed by atoms with Crippen LogP contribution in [0.4, 0.5) is 5.42 Å². The first-order valence-corrected chi connectivity index (χ1v) is 3.00. The molecule has 0 bridgehead atoms. The Kier molecular flexibility index (Phi) is 1.19. The number of H-pyrrole nitrogens is 1. The van der Waals surface area contributed by atoms with Crippen LogP contribution in [0.3, 0.4) is 0 Å². The standard InChI is InChI=1S/C4H4N3P/c5-1-3-4(6)8-2-7-3/h2,7H,6H2. The highest BCUT2D eigenvalue weighted by molar-refractivity contribution is 7.33. The van der Waals surface area contributed by atoms with Crippen molar-refractivity contribution in [2.75, 3.05) is 5.73 Å². The summed E-state index contributed by atoms with van der Waals surface area (Å²) in [5.74, 6) is 1.73. The van der Waals surface area contributed by atoms with Crippen molar-refractivity contribution in [2.24, 2.45) is 0 Å². The molecule has 0 saturated heterocycles. The lowest BCUT2D eigenvalue weighted by Crippen LogP contribution is -1.82. The molecule has 0 radical (unpaired) electrons. The summed E-state index contributed by atoms with van der Waals surface area (Å²) in [6.07, 6.45) is 0. The van der Waals surface area contributed by atoms with E-state index in [1.54, 1.807) is 5.93 Å². The second-order valence-corrected chi connectivity index (χ2v) is 2.27. The van der Waals surface area contributed by atoms with Gasteiger partial charge in [-0.05, 0) is 8.19 Å². The average Bonchev–Trinajstić information content (AvgIpc) is 2.14. The molecular weight excluding hydrogens is 121 g/mol. The molecule has 1 heterocycles. The summed E-state index contributed by atoms with van der Waals surface area (Å²) in [4.78, 5) is 2.71. The third kappa shape index (κ3) is 0.661. The molecule has 0 spiro atoms. The van der Waals surface area contributed by atoms with Crippen LogP contribution >= 0.6 is 8.19 Å². The van der Waals surface area contributed by atoms with E-state index in [-0.39, 0.29) is 0 Å². The number of nitrogens with one attached hydrogen (secondary N) is 1. The molecule has 1 aromatic rings. The first kappa shape index (κ1) is 5.14. The molecule has 0 amide bonds. The third-order valence-electron chi connectivity index (χ3n) is 0.780. The van der Waals surface area contributed by atoms with Gasteiger partial charge in [0.2, 0.25) is 0 Å². The molecule has 1 aromatic heterocycles. The predicted octanol–water partition coefficient (Wildman–Crippen LogP) is 1.05. The van der Waals surface area contributed by atoms with Crippen molar-refractivity contribution in [1.29, 1.82) is 5.26 Å². The molecule has 0 atom stereocenters. The maximum atomic E-state index is 8.26. The van der Waals surface area contributed by atoms with E-state index in [2.05, 4.69) is 4.98 Å². The molecule has 3 N–H and O–H groups in total. The fourth-order valence-electron chi connectivity index (χ4n) is 0.394. The van der Waals surface area contributed by atoms with Crippen LogP contribution in [0.1, 0.15) is 5.69 Å². The number of nitrogen functional groups attached to an aromatic ring is 1. The Hall–Kier alpha value is -1.00. The lowest BCUT2D eigenvalue weighted by atomic mass is 10.5. The second kappa shape index (κ2) is 1.85. The Morgan fingerprint density at radius 1 is 1.88 bits per heavy atom. The van der Waals surface area contributed by atoms with Gasteiger partial charge in [0.15, 0.2) is 0 Å². The van der Waals surface area contributed by atoms with E-state index >= 15 is 0 Å². The molecule has 0 fully saturated rings. The number of aromatic amines is 1. The molecule has 0 aliphatic heterocycles. The number of aromatic nitrogens is 1. The zero-order valence-electron chi connectivity index (χ0n) is 4.05. The first-order valence-electron chi connectivity index (χ1n) is 2.03. The number of rotatable bonds is 0. The van der Waals surface area contributed by atoms with Crippen LogP contribution < -0.4 is 5.73 Å². The molecule has 0 unspecified atom stereocenters. The highest BCUT2D eigenvalue weighted by Gasteiger charge is 1.94. The minimum atomic E-state index is 0.478. The Balaban J connectivity index is 3.15. The van der Waals surface area contributed by atoms with Crippen molar-refractivity contribution in [2.45, 2.75) is 0 Å². The summed E-state index contributed by atoms with van der Waals surface area (Å²) in [5.41, 5.74) is 6.42. The predicted molar refractivity (Wildman–Crippen MR) is 32.4 cm³/mol. The van der Waals surface area contributed by atoms with Crippen LogP contribution in [0.15, 0.2) is 5.93 Å². The monoisotopic (exact) mass is 125 g/mol. The molecule has 0 aromatic carbocycles. The van der Waals surface area contributed by atoms with Gasteiger partial charge in [0.1, 0.15) is 11.8 Å². The quantitative estimate of drug-likeness (QED) is 0.544. The van der Waals surface area contributed by atoms with Crippen molar-refractivity contribution < 1.29 is 0 Å². The molecule has 40 valence electrons. The van der Waals surface area contributed by atoms with E-state index < -0.39 is 0 Å². The van der Waals surface area contributed by atoms with Gasteiger partial charge in [-0.25, -0.2) is 0 Å². The molecule has 0 saturated carbocycles. The van der Waals surface area contributed by atoms with E-state index in [9.17, 15) is 0 Å². The van der Waals surface area contributed by atoms with Gasteiger partial charge in [-0.3, -0.25) is 0 Å². The van der Waals surface area contributed by atoms with Crippen molar-refractivity contribution in [3.8, 4) is 6.07 Å². The minimum Gasteiger partial charge on any atom is -0.393 e. The van der Waals surface area contributed by atoms with E-state index in [1.807, 2.05) is 6.07 Å². The summed E-state index contributed by atoms with van der Waals surface area (Å²) < 4.78 is 0. The smallest absolute Gasteiger partial charge is 0.145 e. The van der Waals surface area contributed by atoms with Gasteiger partial charge >= 0.3 is 0 Å². The number of anilines is 1. The second-order valence-electron chi connectivity index (χ2n) is 1.27. The summed E-state index contributed by atoms with van der Waals surface area (Å²) in [7, 11) is 0.899. The Bertz CT molecular complexity index is 221.